The largest absolute Gasteiger partial charge is 0.306 e. The quantitative estimate of drug-likeness (QED) is 0.658. The van der Waals surface area contributed by atoms with Crippen LogP contribution in [-0.4, -0.2) is 39.6 Å². The van der Waals surface area contributed by atoms with Crippen LogP contribution >= 0.6 is 22.9 Å². The molecule has 0 saturated carbocycles. The van der Waals surface area contributed by atoms with E-state index in [9.17, 15) is 9.59 Å². The number of rotatable bonds is 3. The molecule has 1 N–H and O–H groups in total. The maximum absolute atomic E-state index is 12.7. The van der Waals surface area contributed by atoms with Crippen molar-refractivity contribution in [1.29, 1.82) is 0 Å². The lowest BCUT2D eigenvalue weighted by Gasteiger charge is -2.20. The monoisotopic (exact) mass is 451 g/mol. The summed E-state index contributed by atoms with van der Waals surface area (Å²) in [6.07, 6.45) is 1.50. The second kappa shape index (κ2) is 7.56. The summed E-state index contributed by atoms with van der Waals surface area (Å²) in [5.41, 5.74) is 1.34. The van der Waals surface area contributed by atoms with Gasteiger partial charge in [-0.3, -0.25) is 9.59 Å². The van der Waals surface area contributed by atoms with E-state index in [1.807, 2.05) is 5.38 Å². The highest BCUT2D eigenvalue weighted by molar-refractivity contribution is 7.12. The van der Waals surface area contributed by atoms with Gasteiger partial charge in [-0.2, -0.15) is 24.9 Å². The van der Waals surface area contributed by atoms with Gasteiger partial charge in [-0.1, -0.05) is 17.7 Å². The fourth-order valence-electron chi connectivity index (χ4n) is 3.18. The van der Waals surface area contributed by atoms with Gasteiger partial charge in [0.25, 0.3) is 17.8 Å². The van der Waals surface area contributed by atoms with Crippen LogP contribution in [0.1, 0.15) is 15.4 Å². The molecule has 0 radical (unpaired) electrons. The Morgan fingerprint density at radius 3 is 2.74 bits per heavy atom. The highest BCUT2D eigenvalue weighted by Crippen LogP contribution is 2.27. The second-order valence-electron chi connectivity index (χ2n) is 6.76. The first-order valence-electron chi connectivity index (χ1n) is 9.22. The topological polar surface area (TPSA) is 104 Å². The van der Waals surface area contributed by atoms with Crippen LogP contribution in [0.2, 0.25) is 5.02 Å². The maximum atomic E-state index is 12.7. The van der Waals surface area contributed by atoms with E-state index >= 15 is 0 Å². The van der Waals surface area contributed by atoms with Crippen molar-refractivity contribution in [3.8, 4) is 0 Å². The normalized spacial score (nSPS) is 17.4. The minimum atomic E-state index is -0.680. The first kappa shape index (κ1) is 19.3. The number of nitrogens with one attached hydrogen (secondary N) is 1. The minimum absolute atomic E-state index is 0.0512. The van der Waals surface area contributed by atoms with E-state index in [4.69, 9.17) is 11.6 Å². The Kier molecular flexibility index (Phi) is 4.72. The smallest absolute Gasteiger partial charge is 0.266 e. The molecule has 0 spiro atoms. The summed E-state index contributed by atoms with van der Waals surface area (Å²) in [5, 5.41) is 15.5. The standard InChI is InChI=1S/C20H14ClN7O2S/c1-11-9-16(23-19(30)15-3-2-8-31-15)28(26-11)20-24-17-14(18(29)25-20)10-22-27(17)13-6-4-12(21)5-7-13/h2-10,14H,1H3,(H,23,30). The molecule has 11 heteroatoms. The van der Waals surface area contributed by atoms with Gasteiger partial charge in [0.2, 0.25) is 0 Å². The van der Waals surface area contributed by atoms with Crippen LogP contribution in [0.5, 0.6) is 0 Å². The molecule has 0 fully saturated rings. The lowest BCUT2D eigenvalue weighted by atomic mass is 10.1. The number of hydrogen-bond acceptors (Lipinski definition) is 7. The summed E-state index contributed by atoms with van der Waals surface area (Å²) >= 11 is 7.30. The van der Waals surface area contributed by atoms with E-state index in [1.54, 1.807) is 54.4 Å². The van der Waals surface area contributed by atoms with Crippen molar-refractivity contribution in [2.24, 2.45) is 21.0 Å². The number of fused-ring (bicyclic) bond motifs is 1. The molecule has 1 atom stereocenters. The number of aromatic nitrogens is 2. The fourth-order valence-corrected chi connectivity index (χ4v) is 3.93. The number of nitrogens with zero attached hydrogens (tertiary/aromatic N) is 6. The summed E-state index contributed by atoms with van der Waals surface area (Å²) in [7, 11) is 0. The molecule has 2 aliphatic heterocycles. The van der Waals surface area contributed by atoms with Crippen LogP contribution in [-0.2, 0) is 4.79 Å². The first-order chi connectivity index (χ1) is 15.0. The molecule has 3 aromatic rings. The molecule has 31 heavy (non-hydrogen) atoms. The molecule has 2 amide bonds. The number of hydrazone groups is 1. The Labute approximate surface area is 185 Å². The predicted octanol–water partition coefficient (Wildman–Crippen LogP) is 3.42. The number of aryl methyl sites for hydroxylation is 1. The van der Waals surface area contributed by atoms with Gasteiger partial charge < -0.3 is 5.32 Å². The predicted molar refractivity (Wildman–Crippen MR) is 120 cm³/mol. The van der Waals surface area contributed by atoms with E-state index in [1.165, 1.54) is 22.2 Å². The molecule has 0 bridgehead atoms. The third-order valence-corrected chi connectivity index (χ3v) is 5.72. The van der Waals surface area contributed by atoms with Crippen molar-refractivity contribution in [2.75, 3.05) is 10.3 Å². The number of carbonyl (C=O) groups is 2. The number of amidine groups is 1. The van der Waals surface area contributed by atoms with Crippen LogP contribution in [0, 0.1) is 12.8 Å². The summed E-state index contributed by atoms with van der Waals surface area (Å²) in [4.78, 5) is 34.4. The molecule has 0 aliphatic carbocycles. The van der Waals surface area contributed by atoms with Gasteiger partial charge in [0, 0.05) is 17.3 Å². The summed E-state index contributed by atoms with van der Waals surface area (Å²) in [6.45, 7) is 1.77. The Bertz CT molecular complexity index is 1280. The lowest BCUT2D eigenvalue weighted by Crippen LogP contribution is -2.36. The number of hydrogen-bond donors (Lipinski definition) is 1. The zero-order chi connectivity index (χ0) is 21.5. The van der Waals surface area contributed by atoms with Crippen molar-refractivity contribution >= 4 is 64.3 Å². The zero-order valence-corrected chi connectivity index (χ0v) is 17.6. The molecule has 2 aliphatic rings. The third kappa shape index (κ3) is 3.56. The molecular weight excluding hydrogens is 438 g/mol. The van der Waals surface area contributed by atoms with Crippen LogP contribution in [0.15, 0.2) is 62.9 Å². The van der Waals surface area contributed by atoms with Crippen molar-refractivity contribution in [3.05, 3.63) is 63.4 Å². The third-order valence-electron chi connectivity index (χ3n) is 4.60. The summed E-state index contributed by atoms with van der Waals surface area (Å²) in [6, 6.07) is 12.2. The average Bonchev–Trinajstić information content (AvgIpc) is 3.48. The molecule has 5 rings (SSSR count). The number of carbonyl (C=O) groups excluding carboxylic acids is 2. The second-order valence-corrected chi connectivity index (χ2v) is 8.15. The summed E-state index contributed by atoms with van der Waals surface area (Å²) in [5.74, 6) is -0.556. The van der Waals surface area contributed by atoms with Crippen LogP contribution in [0.25, 0.3) is 0 Å². The lowest BCUT2D eigenvalue weighted by molar-refractivity contribution is -0.118. The van der Waals surface area contributed by atoms with Gasteiger partial charge in [0.15, 0.2) is 5.84 Å². The number of thiophene rings is 1. The van der Waals surface area contributed by atoms with E-state index in [0.717, 1.165) is 0 Å². The van der Waals surface area contributed by atoms with Crippen molar-refractivity contribution in [3.63, 3.8) is 0 Å². The fraction of sp³-hybridized carbons (Fsp3) is 0.100. The van der Waals surface area contributed by atoms with Gasteiger partial charge in [-0.15, -0.1) is 11.3 Å². The number of aliphatic imine (C=N–C) groups is 2. The molecule has 9 nitrogen and oxygen atoms in total. The molecular formula is C20H14ClN7O2S. The van der Waals surface area contributed by atoms with Gasteiger partial charge >= 0.3 is 0 Å². The molecule has 4 heterocycles. The van der Waals surface area contributed by atoms with E-state index in [0.29, 0.717) is 32.9 Å². The van der Waals surface area contributed by atoms with Crippen molar-refractivity contribution in [1.82, 2.24) is 9.78 Å². The Balaban J connectivity index is 1.50. The van der Waals surface area contributed by atoms with E-state index in [2.05, 4.69) is 25.5 Å². The van der Waals surface area contributed by atoms with Crippen molar-refractivity contribution < 1.29 is 9.59 Å². The molecule has 154 valence electrons. The van der Waals surface area contributed by atoms with Gasteiger partial charge in [0.05, 0.1) is 16.3 Å². The first-order valence-corrected chi connectivity index (χ1v) is 10.5. The molecule has 2 aromatic heterocycles. The minimum Gasteiger partial charge on any atom is -0.306 e. The molecule has 1 unspecified atom stereocenters. The number of amides is 2. The van der Waals surface area contributed by atoms with Gasteiger partial charge in [0.1, 0.15) is 11.7 Å². The zero-order valence-electron chi connectivity index (χ0n) is 16.1. The Hall–Kier alpha value is -3.63. The number of anilines is 2. The Morgan fingerprint density at radius 1 is 1.19 bits per heavy atom. The van der Waals surface area contributed by atoms with E-state index in [-0.39, 0.29) is 11.9 Å². The molecule has 0 saturated heterocycles. The van der Waals surface area contributed by atoms with Crippen LogP contribution in [0.4, 0.5) is 11.5 Å². The van der Waals surface area contributed by atoms with Crippen LogP contribution < -0.4 is 10.3 Å². The summed E-state index contributed by atoms with van der Waals surface area (Å²) < 4.78 is 1.35. The van der Waals surface area contributed by atoms with Crippen LogP contribution in [0.3, 0.4) is 0 Å². The Morgan fingerprint density at radius 2 is 2.00 bits per heavy atom. The SMILES string of the molecule is Cc1cc(NC(=O)c2cccs2)n(C2=NC(=O)C3C=NN(c4ccc(Cl)cc4)C3=N2)n1. The van der Waals surface area contributed by atoms with Gasteiger partial charge in [-0.25, -0.2) is 5.01 Å². The number of halogens is 1. The number of benzene rings is 1. The average molecular weight is 452 g/mol. The van der Waals surface area contributed by atoms with Crippen molar-refractivity contribution in [2.45, 2.75) is 6.92 Å². The highest BCUT2D eigenvalue weighted by Gasteiger charge is 2.37. The molecule has 1 aromatic carbocycles. The van der Waals surface area contributed by atoms with E-state index < -0.39 is 11.8 Å². The maximum Gasteiger partial charge on any atom is 0.266 e. The van der Waals surface area contributed by atoms with Gasteiger partial charge in [-0.05, 0) is 42.6 Å². The highest BCUT2D eigenvalue weighted by atomic mass is 35.5.